The molecule has 0 bridgehead atoms. The molecule has 12 rings (SSSR count). The molecule has 5 fully saturated rings. The van der Waals surface area contributed by atoms with Crippen LogP contribution < -0.4 is 41.7 Å². The van der Waals surface area contributed by atoms with Crippen molar-refractivity contribution < 1.29 is 37.9 Å². The van der Waals surface area contributed by atoms with Crippen molar-refractivity contribution in [3.63, 3.8) is 0 Å². The summed E-state index contributed by atoms with van der Waals surface area (Å²) in [5, 5.41) is 23.7. The molecule has 3 aromatic carbocycles. The highest BCUT2D eigenvalue weighted by molar-refractivity contribution is 8.00. The number of thioether (sulfide) groups is 1. The fraction of sp³-hybridized carbons (Fsp3) is 0.455. The summed E-state index contributed by atoms with van der Waals surface area (Å²) in [5.74, 6) is 1.42. The van der Waals surface area contributed by atoms with Crippen LogP contribution in [0.15, 0.2) is 144 Å². The lowest BCUT2D eigenvalue weighted by molar-refractivity contribution is -0.112. The van der Waals surface area contributed by atoms with Gasteiger partial charge in [-0.1, -0.05) is 74.5 Å². The normalized spacial score (nSPS) is 19.1. The molecule has 560 valence electrons. The molecular formula is C77H100N16O8S4. The standard InChI is InChI=1S/C27H38N6O2S.C26H31N5O3S2.C24H31N5O3S/c1-5-24(34)29-20-10-8-19(9-11-20)26(35)33-16-6-7-21(18-33)30-27-28-17-25(36-27)32(4)23-14-12-22(13-15-23)31(2)3;1-5-21(32)29-18-10-8-17(9-11-18)24(33)31-12-6-7-19(15-31)30-25-28-14-23(36-25)35-16-22-27-13-20(34-22)26(2,3)4;1-3-21(30)26-18-8-6-17(7-9-18)23(31)29-12-4-5-19(16-29)27-24-25-15-22(33-24)28(2)20-10-13-32-14-11-20/h5,8-11,17,21-23H,1,6-7,12-16,18H2,2-4H3,(H,28,30)(H,29,34);5,8-11,13-14,19H,1,6-7,12,15-16H2,2-4H3,(H,28,30)(H,29,32);3,6-9,15,19-20H,1,4-5,10-14,16H2,2H3,(H,25,27)(H,26,30)/t21-,22?,23?;2*19-/m101/s1. The molecule has 4 aromatic heterocycles. The van der Waals surface area contributed by atoms with E-state index in [9.17, 15) is 28.8 Å². The van der Waals surface area contributed by atoms with Crippen LogP contribution in [0.2, 0.25) is 0 Å². The van der Waals surface area contributed by atoms with Gasteiger partial charge in [-0.3, -0.25) is 28.8 Å². The van der Waals surface area contributed by atoms with Gasteiger partial charge in [0.1, 0.15) is 15.8 Å². The van der Waals surface area contributed by atoms with Crippen LogP contribution in [0.25, 0.3) is 0 Å². The summed E-state index contributed by atoms with van der Waals surface area (Å²) in [7, 11) is 8.67. The van der Waals surface area contributed by atoms with Crippen LogP contribution in [0, 0.1) is 0 Å². The van der Waals surface area contributed by atoms with Crippen LogP contribution in [-0.4, -0.2) is 192 Å². The lowest BCUT2D eigenvalue weighted by atomic mass is 9.90. The van der Waals surface area contributed by atoms with Gasteiger partial charge in [0.2, 0.25) is 23.6 Å². The number of anilines is 8. The molecule has 6 amide bonds. The number of likely N-dealkylation sites (tertiary alicyclic amines) is 3. The minimum absolute atomic E-state index is 0.00201. The van der Waals surface area contributed by atoms with E-state index >= 15 is 0 Å². The predicted octanol–water partition coefficient (Wildman–Crippen LogP) is 13.5. The fourth-order valence-corrected chi connectivity index (χ4v) is 16.9. The third-order valence-electron chi connectivity index (χ3n) is 19.3. The second-order valence-corrected chi connectivity index (χ2v) is 32.5. The first-order chi connectivity index (χ1) is 50.6. The number of oxazole rings is 1. The average Bonchev–Trinajstić information content (AvgIpc) is 1.78. The Hall–Kier alpha value is -8.93. The zero-order chi connectivity index (χ0) is 74.6. The molecule has 28 heteroatoms. The number of hydrogen-bond acceptors (Lipinski definition) is 22. The highest BCUT2D eigenvalue weighted by atomic mass is 32.2. The molecule has 3 atom stereocenters. The molecule has 5 aliphatic rings. The van der Waals surface area contributed by atoms with Crippen molar-refractivity contribution in [2.45, 2.75) is 149 Å². The van der Waals surface area contributed by atoms with Gasteiger partial charge in [-0.25, -0.2) is 19.9 Å². The smallest absolute Gasteiger partial charge is 0.253 e. The number of hydrogen-bond donors (Lipinski definition) is 6. The molecule has 1 saturated carbocycles. The van der Waals surface area contributed by atoms with E-state index in [2.05, 4.69) is 135 Å². The second-order valence-electron chi connectivity index (χ2n) is 28.2. The zero-order valence-corrected chi connectivity index (χ0v) is 64.5. The largest absolute Gasteiger partial charge is 0.444 e. The minimum atomic E-state index is -0.282. The first kappa shape index (κ1) is 78.7. The fourth-order valence-electron chi connectivity index (χ4n) is 13.2. The maximum Gasteiger partial charge on any atom is 0.253 e. The number of aromatic nitrogens is 4. The summed E-state index contributed by atoms with van der Waals surface area (Å²) in [5.41, 5.74) is 3.69. The lowest BCUT2D eigenvalue weighted by Crippen LogP contribution is -2.45. The van der Waals surface area contributed by atoms with Gasteiger partial charge in [0.05, 0.1) is 34.7 Å². The second kappa shape index (κ2) is 37.9. The molecule has 24 nitrogen and oxygen atoms in total. The number of benzene rings is 3. The number of ether oxygens (including phenoxy) is 1. The molecule has 8 heterocycles. The summed E-state index contributed by atoms with van der Waals surface area (Å²) in [6.07, 6.45) is 24.0. The Bertz CT molecular complexity index is 4040. The summed E-state index contributed by atoms with van der Waals surface area (Å²) < 4.78 is 12.4. The molecule has 4 aliphatic heterocycles. The molecule has 0 unspecified atom stereocenters. The number of nitrogens with zero attached hydrogens (tertiary/aromatic N) is 10. The Kier molecular flexibility index (Phi) is 28.4. The average molecular weight is 1510 g/mol. The topological polar surface area (TPSA) is 268 Å². The van der Waals surface area contributed by atoms with E-state index < -0.39 is 0 Å². The quantitative estimate of drug-likeness (QED) is 0.0257. The van der Waals surface area contributed by atoms with Crippen LogP contribution in [0.1, 0.15) is 141 Å². The number of carbonyl (C=O) groups excluding carboxylic acids is 6. The Labute approximate surface area is 632 Å². The van der Waals surface area contributed by atoms with E-state index in [1.807, 2.05) is 33.3 Å². The first-order valence-corrected chi connectivity index (χ1v) is 39.4. The molecule has 6 N–H and O–H groups in total. The Morgan fingerprint density at radius 2 is 0.876 bits per heavy atom. The van der Waals surface area contributed by atoms with Crippen LogP contribution in [0.5, 0.6) is 0 Å². The van der Waals surface area contributed by atoms with Gasteiger partial charge < -0.3 is 70.5 Å². The van der Waals surface area contributed by atoms with E-state index in [-0.39, 0.29) is 59.0 Å². The van der Waals surface area contributed by atoms with E-state index in [1.54, 1.807) is 125 Å². The van der Waals surface area contributed by atoms with Crippen LogP contribution in [-0.2, 0) is 30.3 Å². The van der Waals surface area contributed by atoms with Gasteiger partial charge in [0.25, 0.3) is 17.7 Å². The number of thiazole rings is 3. The lowest BCUT2D eigenvalue weighted by Gasteiger charge is -2.37. The van der Waals surface area contributed by atoms with Crippen LogP contribution in [0.4, 0.5) is 42.5 Å². The third-order valence-corrected chi connectivity index (χ3v) is 23.5. The maximum atomic E-state index is 13.1. The monoisotopic (exact) mass is 1500 g/mol. The molecule has 7 aromatic rings. The number of rotatable bonds is 23. The highest BCUT2D eigenvalue weighted by Crippen LogP contribution is 2.37. The van der Waals surface area contributed by atoms with Gasteiger partial charge in [0, 0.05) is 142 Å². The summed E-state index contributed by atoms with van der Waals surface area (Å²) in [4.78, 5) is 104. The van der Waals surface area contributed by atoms with Crippen molar-refractivity contribution in [2.24, 2.45) is 0 Å². The van der Waals surface area contributed by atoms with Crippen molar-refractivity contribution >= 4 is 124 Å². The SMILES string of the molecule is C=CC(=O)Nc1ccc(C(=O)N2CCC[C@@H](Nc3ncc(N(C)C4CCC(N(C)C)CC4)s3)C2)cc1.C=CC(=O)Nc1ccc(C(=O)N2CCC[C@@H](Nc3ncc(N(C)C4CCOCC4)s3)C2)cc1.C=CC(=O)Nc1ccc(C(=O)N2CCC[C@H](Nc3ncc(SCc4ncc(C(C)(C)C)o4)s3)C2)cc1. The van der Waals surface area contributed by atoms with Gasteiger partial charge in [0.15, 0.2) is 15.4 Å². The predicted molar refractivity (Wildman–Crippen MR) is 425 cm³/mol. The first-order valence-electron chi connectivity index (χ1n) is 36.0. The van der Waals surface area contributed by atoms with E-state index in [0.29, 0.717) is 83.2 Å². The number of nitrogens with one attached hydrogen (secondary N) is 6. The molecule has 105 heavy (non-hydrogen) atoms. The van der Waals surface area contributed by atoms with Crippen molar-refractivity contribution in [2.75, 3.05) is 122 Å². The van der Waals surface area contributed by atoms with Gasteiger partial charge >= 0.3 is 0 Å². The van der Waals surface area contributed by atoms with E-state index in [0.717, 1.165) is 115 Å². The van der Waals surface area contributed by atoms with Crippen molar-refractivity contribution in [1.29, 1.82) is 0 Å². The number of piperidine rings is 3. The summed E-state index contributed by atoms with van der Waals surface area (Å²) in [6, 6.07) is 23.1. The molecule has 0 spiro atoms. The minimum Gasteiger partial charge on any atom is -0.444 e. The van der Waals surface area contributed by atoms with E-state index in [4.69, 9.17) is 9.15 Å². The molecule has 4 saturated heterocycles. The Morgan fingerprint density at radius 1 is 0.505 bits per heavy atom. The van der Waals surface area contributed by atoms with Gasteiger partial charge in [-0.2, -0.15) is 0 Å². The molecular weight excluding hydrogens is 1410 g/mol. The van der Waals surface area contributed by atoms with Crippen LogP contribution >= 0.6 is 45.8 Å². The summed E-state index contributed by atoms with van der Waals surface area (Å²) >= 11 is 6.61. The van der Waals surface area contributed by atoms with Crippen molar-refractivity contribution in [3.05, 3.63) is 164 Å². The highest BCUT2D eigenvalue weighted by Gasteiger charge is 2.31. The van der Waals surface area contributed by atoms with Crippen LogP contribution in [0.3, 0.4) is 0 Å². The summed E-state index contributed by atoms with van der Waals surface area (Å²) in [6.45, 7) is 22.4. The Balaban J connectivity index is 0.000000169. The number of carbonyl (C=O) groups is 6. The van der Waals surface area contributed by atoms with Gasteiger partial charge in [-0.05, 0) is 182 Å². The third kappa shape index (κ3) is 22.8. The maximum absolute atomic E-state index is 13.1. The van der Waals surface area contributed by atoms with Crippen molar-refractivity contribution in [3.8, 4) is 0 Å². The molecule has 1 aliphatic carbocycles. The molecule has 0 radical (unpaired) electrons. The number of amides is 6. The van der Waals surface area contributed by atoms with Gasteiger partial charge in [-0.15, -0.1) is 11.8 Å². The van der Waals surface area contributed by atoms with E-state index in [1.165, 1.54) is 48.9 Å². The Morgan fingerprint density at radius 3 is 1.25 bits per heavy atom. The zero-order valence-electron chi connectivity index (χ0n) is 61.3. The van der Waals surface area contributed by atoms with Crippen molar-refractivity contribution in [1.82, 2.24) is 39.5 Å².